The van der Waals surface area contributed by atoms with Gasteiger partial charge in [0.25, 0.3) is 6.01 Å². The van der Waals surface area contributed by atoms with Crippen molar-refractivity contribution in [3.63, 3.8) is 0 Å². The first-order valence-corrected chi connectivity index (χ1v) is 14.5. The van der Waals surface area contributed by atoms with E-state index in [0.29, 0.717) is 70.5 Å². The standard InChI is InChI=1S/C35H30FN5O3/c1-43-34(42)28-19-37-33(41(20-23-10-4-2-5-11-23)21-24-12-6-3-7-13-24)32-27(28)18-29(38-32)25-14-8-15-26(31(25)36)30-22-40-16-9-17-44-35(40)39-30/h2-8,10-15,18-19,22,38H,9,16-17,20-21H2,1H3. The highest BCUT2D eigenvalue weighted by molar-refractivity contribution is 6.07. The molecule has 9 heteroatoms. The molecule has 0 spiro atoms. The normalized spacial score (nSPS) is 12.5. The SMILES string of the molecule is COC(=O)c1cnc(N(Cc2ccccc2)Cc2ccccc2)c2[nH]c(-c3cccc(-c4cn5c(n4)OCCC5)c3F)cc12. The van der Waals surface area contributed by atoms with E-state index in [4.69, 9.17) is 14.5 Å². The molecular weight excluding hydrogens is 557 g/mol. The summed E-state index contributed by atoms with van der Waals surface area (Å²) in [6, 6.07) is 27.8. The van der Waals surface area contributed by atoms with E-state index in [1.807, 2.05) is 47.2 Å². The lowest BCUT2D eigenvalue weighted by Gasteiger charge is -2.25. The number of aromatic amines is 1. The number of hydrogen-bond acceptors (Lipinski definition) is 6. The molecule has 220 valence electrons. The average Bonchev–Trinajstić information content (AvgIpc) is 3.70. The minimum absolute atomic E-state index is 0.295. The molecule has 4 heterocycles. The van der Waals surface area contributed by atoms with Gasteiger partial charge in [-0.2, -0.15) is 4.98 Å². The Morgan fingerprint density at radius 3 is 2.39 bits per heavy atom. The number of anilines is 1. The number of pyridine rings is 1. The van der Waals surface area contributed by atoms with Crippen LogP contribution in [0.3, 0.4) is 0 Å². The first-order valence-electron chi connectivity index (χ1n) is 14.5. The van der Waals surface area contributed by atoms with E-state index in [1.54, 1.807) is 24.3 Å². The van der Waals surface area contributed by atoms with Crippen LogP contribution in [0, 0.1) is 5.82 Å². The minimum atomic E-state index is -0.518. The van der Waals surface area contributed by atoms with Gasteiger partial charge in [0.15, 0.2) is 5.82 Å². The van der Waals surface area contributed by atoms with Crippen molar-refractivity contribution in [2.75, 3.05) is 18.6 Å². The number of benzene rings is 3. The van der Waals surface area contributed by atoms with E-state index in [2.05, 4.69) is 39.1 Å². The van der Waals surface area contributed by atoms with E-state index in [1.165, 1.54) is 13.3 Å². The summed E-state index contributed by atoms with van der Waals surface area (Å²) in [6.07, 6.45) is 4.24. The molecule has 1 aliphatic heterocycles. The molecule has 0 aliphatic carbocycles. The number of imidazole rings is 1. The van der Waals surface area contributed by atoms with Gasteiger partial charge in [-0.3, -0.25) is 0 Å². The summed E-state index contributed by atoms with van der Waals surface area (Å²) in [7, 11) is 1.34. The highest BCUT2D eigenvalue weighted by Gasteiger charge is 2.24. The first kappa shape index (κ1) is 27.4. The summed E-state index contributed by atoms with van der Waals surface area (Å²) in [5.74, 6) is -0.300. The van der Waals surface area contributed by atoms with Crippen molar-refractivity contribution in [1.29, 1.82) is 0 Å². The zero-order valence-electron chi connectivity index (χ0n) is 24.2. The highest BCUT2D eigenvalue weighted by Crippen LogP contribution is 2.37. The smallest absolute Gasteiger partial charge is 0.340 e. The van der Waals surface area contributed by atoms with Gasteiger partial charge >= 0.3 is 5.97 Å². The number of hydrogen-bond donors (Lipinski definition) is 1. The molecule has 0 atom stereocenters. The maximum Gasteiger partial charge on any atom is 0.340 e. The lowest BCUT2D eigenvalue weighted by atomic mass is 10.0. The second kappa shape index (κ2) is 11.7. The lowest BCUT2D eigenvalue weighted by molar-refractivity contribution is 0.0602. The molecule has 1 aliphatic rings. The number of halogens is 1. The number of rotatable bonds is 8. The molecule has 0 amide bonds. The van der Waals surface area contributed by atoms with Gasteiger partial charge in [-0.05, 0) is 35.7 Å². The maximum atomic E-state index is 16.3. The fourth-order valence-electron chi connectivity index (χ4n) is 5.71. The molecule has 0 radical (unpaired) electrons. The number of ether oxygens (including phenoxy) is 2. The van der Waals surface area contributed by atoms with Crippen molar-refractivity contribution < 1.29 is 18.7 Å². The number of carbonyl (C=O) groups excluding carboxylic acids is 1. The van der Waals surface area contributed by atoms with E-state index < -0.39 is 11.8 Å². The quantitative estimate of drug-likeness (QED) is 0.193. The van der Waals surface area contributed by atoms with Crippen molar-refractivity contribution >= 4 is 22.7 Å². The second-order valence-electron chi connectivity index (χ2n) is 10.8. The Labute approximate surface area is 253 Å². The largest absolute Gasteiger partial charge is 0.465 e. The number of fused-ring (bicyclic) bond motifs is 2. The summed E-state index contributed by atoms with van der Waals surface area (Å²) in [5, 5.41) is 0.596. The molecule has 44 heavy (non-hydrogen) atoms. The Bertz CT molecular complexity index is 1890. The number of aryl methyl sites for hydroxylation is 1. The maximum absolute atomic E-state index is 16.3. The predicted octanol–water partition coefficient (Wildman–Crippen LogP) is 7.01. The third-order valence-corrected chi connectivity index (χ3v) is 7.86. The van der Waals surface area contributed by atoms with E-state index >= 15 is 4.39 Å². The molecule has 0 bridgehead atoms. The van der Waals surface area contributed by atoms with Gasteiger partial charge in [0.05, 0.1) is 30.5 Å². The summed E-state index contributed by atoms with van der Waals surface area (Å²) < 4.78 is 28.9. The Balaban J connectivity index is 1.36. The van der Waals surface area contributed by atoms with Gasteiger partial charge in [-0.1, -0.05) is 66.7 Å². The third kappa shape index (κ3) is 5.17. The van der Waals surface area contributed by atoms with E-state index in [0.717, 1.165) is 24.1 Å². The fraction of sp³-hybridized carbons (Fsp3) is 0.171. The van der Waals surface area contributed by atoms with Crippen molar-refractivity contribution in [2.45, 2.75) is 26.1 Å². The zero-order chi connectivity index (χ0) is 30.0. The Hall–Kier alpha value is -5.44. The fourth-order valence-corrected chi connectivity index (χ4v) is 5.71. The monoisotopic (exact) mass is 587 g/mol. The third-order valence-electron chi connectivity index (χ3n) is 7.86. The Morgan fingerprint density at radius 2 is 1.70 bits per heavy atom. The van der Waals surface area contributed by atoms with Gasteiger partial charge in [0.1, 0.15) is 5.82 Å². The molecule has 0 saturated heterocycles. The van der Waals surface area contributed by atoms with Crippen molar-refractivity contribution in [1.82, 2.24) is 19.5 Å². The number of nitrogens with zero attached hydrogens (tertiary/aromatic N) is 4. The van der Waals surface area contributed by atoms with Gasteiger partial charge < -0.3 is 23.9 Å². The van der Waals surface area contributed by atoms with E-state index in [9.17, 15) is 4.79 Å². The molecule has 3 aromatic carbocycles. The Morgan fingerprint density at radius 1 is 1.00 bits per heavy atom. The van der Waals surface area contributed by atoms with Gasteiger partial charge in [-0.15, -0.1) is 0 Å². The van der Waals surface area contributed by atoms with Gasteiger partial charge in [-0.25, -0.2) is 14.2 Å². The summed E-state index contributed by atoms with van der Waals surface area (Å²) in [6.45, 7) is 2.51. The van der Waals surface area contributed by atoms with Crippen LogP contribution in [-0.2, 0) is 24.4 Å². The predicted molar refractivity (Wildman–Crippen MR) is 167 cm³/mol. The van der Waals surface area contributed by atoms with Crippen LogP contribution in [0.15, 0.2) is 97.3 Å². The number of aromatic nitrogens is 4. The highest BCUT2D eigenvalue weighted by atomic mass is 19.1. The summed E-state index contributed by atoms with van der Waals surface area (Å²) in [5.41, 5.74) is 4.86. The van der Waals surface area contributed by atoms with Crippen LogP contribution in [-0.4, -0.2) is 39.2 Å². The number of carbonyl (C=O) groups is 1. The molecule has 6 aromatic rings. The number of nitrogens with one attached hydrogen (secondary N) is 1. The van der Waals surface area contributed by atoms with E-state index in [-0.39, 0.29) is 0 Å². The van der Waals surface area contributed by atoms with Crippen LogP contribution in [0.2, 0.25) is 0 Å². The van der Waals surface area contributed by atoms with Crippen molar-refractivity contribution in [3.8, 4) is 28.5 Å². The minimum Gasteiger partial charge on any atom is -0.465 e. The molecule has 0 saturated carbocycles. The van der Waals surface area contributed by atoms with Crippen molar-refractivity contribution in [2.24, 2.45) is 0 Å². The molecule has 0 unspecified atom stereocenters. The van der Waals surface area contributed by atoms with Crippen molar-refractivity contribution in [3.05, 3.63) is 120 Å². The number of esters is 1. The molecule has 1 N–H and O–H groups in total. The van der Waals surface area contributed by atoms with Crippen LogP contribution in [0.25, 0.3) is 33.4 Å². The lowest BCUT2D eigenvalue weighted by Crippen LogP contribution is -2.24. The van der Waals surface area contributed by atoms with Gasteiger partial charge in [0, 0.05) is 54.2 Å². The number of methoxy groups -OCH3 is 1. The Kier molecular flexibility index (Phi) is 7.27. The van der Waals surface area contributed by atoms with Crippen LogP contribution in [0.1, 0.15) is 27.9 Å². The summed E-state index contributed by atoms with van der Waals surface area (Å²) in [4.78, 5) is 27.7. The molecule has 7 rings (SSSR count). The van der Waals surface area contributed by atoms with Crippen LogP contribution in [0.4, 0.5) is 10.2 Å². The van der Waals surface area contributed by atoms with Crippen LogP contribution in [0.5, 0.6) is 6.01 Å². The second-order valence-corrected chi connectivity index (χ2v) is 10.8. The molecule has 8 nitrogen and oxygen atoms in total. The van der Waals surface area contributed by atoms with Gasteiger partial charge in [0.2, 0.25) is 0 Å². The topological polar surface area (TPSA) is 85.3 Å². The van der Waals surface area contributed by atoms with Crippen LogP contribution < -0.4 is 9.64 Å². The molecule has 0 fully saturated rings. The first-order chi connectivity index (χ1) is 21.6. The molecular formula is C35H30FN5O3. The van der Waals surface area contributed by atoms with Crippen LogP contribution >= 0.6 is 0 Å². The number of H-pyrrole nitrogens is 1. The zero-order valence-corrected chi connectivity index (χ0v) is 24.2. The average molecular weight is 588 g/mol. The summed E-state index contributed by atoms with van der Waals surface area (Å²) >= 11 is 0. The molecule has 3 aromatic heterocycles.